The van der Waals surface area contributed by atoms with Gasteiger partial charge in [-0.15, -0.1) is 0 Å². The number of aromatic nitrogens is 3. The van der Waals surface area contributed by atoms with E-state index in [4.69, 9.17) is 14.5 Å². The molecule has 0 saturated heterocycles. The largest absolute Gasteiger partial charge is 0.458 e. The van der Waals surface area contributed by atoms with Crippen molar-refractivity contribution in [2.45, 2.75) is 15.2 Å². The Balaban J connectivity index is 1.12. The summed E-state index contributed by atoms with van der Waals surface area (Å²) in [5.74, 6) is 4.30. The van der Waals surface area contributed by atoms with E-state index in [0.717, 1.165) is 62.0 Å². The summed E-state index contributed by atoms with van der Waals surface area (Å²) in [6, 6.07) is 52.3. The molecule has 0 fully saturated rings. The van der Waals surface area contributed by atoms with Gasteiger partial charge in [-0.2, -0.15) is 0 Å². The normalized spacial score (nSPS) is 15.0. The van der Waals surface area contributed by atoms with E-state index in [0.29, 0.717) is 0 Å². The summed E-state index contributed by atoms with van der Waals surface area (Å²) in [7, 11) is 0. The number of hydrogen-bond donors (Lipinski definition) is 0. The second-order valence-electron chi connectivity index (χ2n) is 13.8. The van der Waals surface area contributed by atoms with E-state index in [1.54, 1.807) is 0 Å². The average molecular weight is 670 g/mol. The van der Waals surface area contributed by atoms with Crippen molar-refractivity contribution in [2.75, 3.05) is 0 Å². The van der Waals surface area contributed by atoms with E-state index in [1.807, 2.05) is 17.8 Å². The molecule has 7 heteroatoms. The molecule has 6 heterocycles. The van der Waals surface area contributed by atoms with Crippen LogP contribution in [-0.2, 0) is 5.41 Å². The predicted molar refractivity (Wildman–Crippen MR) is 203 cm³/mol. The van der Waals surface area contributed by atoms with Gasteiger partial charge in [-0.25, -0.2) is 4.98 Å². The fourth-order valence-corrected chi connectivity index (χ4v) is 10.9. The predicted octanol–water partition coefficient (Wildman–Crippen LogP) is 8.32. The maximum atomic E-state index is 7.06. The lowest BCUT2D eigenvalue weighted by molar-refractivity contribution is 0.461. The van der Waals surface area contributed by atoms with Crippen LogP contribution in [0.25, 0.3) is 33.5 Å². The topological polar surface area (TPSA) is 40.7 Å². The number of fused-ring (bicyclic) bond motifs is 11. The van der Waals surface area contributed by atoms with Crippen LogP contribution >= 0.6 is 11.8 Å². The van der Waals surface area contributed by atoms with Gasteiger partial charge < -0.3 is 9.47 Å². The van der Waals surface area contributed by atoms with E-state index >= 15 is 0 Å². The lowest BCUT2D eigenvalue weighted by atomic mass is 9.29. The monoisotopic (exact) mass is 669 g/mol. The number of nitrogens with zero attached hydrogens (tertiary/aromatic N) is 3. The Hall–Kier alpha value is -6.18. The van der Waals surface area contributed by atoms with E-state index < -0.39 is 5.41 Å². The minimum atomic E-state index is -0.522. The minimum absolute atomic E-state index is 0.0288. The molecule has 9 aromatic rings. The molecule has 4 aliphatic heterocycles. The summed E-state index contributed by atoms with van der Waals surface area (Å²) >= 11 is 1.86. The summed E-state index contributed by atoms with van der Waals surface area (Å²) in [5, 5.41) is 0. The Bertz CT molecular complexity index is 2930. The van der Waals surface area contributed by atoms with Crippen LogP contribution in [-0.4, -0.2) is 20.7 Å². The maximum absolute atomic E-state index is 7.06. The molecule has 0 N–H and O–H groups in total. The quantitative estimate of drug-likeness (QED) is 0.165. The highest BCUT2D eigenvalue weighted by molar-refractivity contribution is 7.99. The number of benzene rings is 7. The van der Waals surface area contributed by atoms with Gasteiger partial charge in [-0.1, -0.05) is 96.7 Å². The van der Waals surface area contributed by atoms with Gasteiger partial charge in [0.1, 0.15) is 23.0 Å². The molecule has 0 bridgehead atoms. The Morgan fingerprint density at radius 1 is 0.510 bits per heavy atom. The fraction of sp³-hybridized carbons (Fsp3) is 0.0227. The molecule has 0 unspecified atom stereocenters. The molecule has 13 rings (SSSR count). The Morgan fingerprint density at radius 2 is 1.06 bits per heavy atom. The molecule has 0 radical (unpaired) electrons. The molecule has 0 atom stereocenters. The zero-order valence-electron chi connectivity index (χ0n) is 27.0. The first-order valence-electron chi connectivity index (χ1n) is 17.3. The summed E-state index contributed by atoms with van der Waals surface area (Å²) in [5.41, 5.74) is 13.3. The van der Waals surface area contributed by atoms with Crippen LogP contribution < -0.4 is 25.9 Å². The molecule has 0 saturated carbocycles. The molecular formula is C44H24BN3O2S. The first kappa shape index (κ1) is 26.7. The molecule has 236 valence electrons. The molecule has 7 aromatic carbocycles. The Kier molecular flexibility index (Phi) is 4.77. The molecule has 4 aliphatic rings. The Labute approximate surface area is 296 Å². The molecule has 0 aliphatic carbocycles. The van der Waals surface area contributed by atoms with Gasteiger partial charge >= 0.3 is 0 Å². The van der Waals surface area contributed by atoms with Crippen LogP contribution in [0.4, 0.5) is 0 Å². The smallest absolute Gasteiger partial charge is 0.261 e. The minimum Gasteiger partial charge on any atom is -0.458 e. The molecular weight excluding hydrogens is 645 g/mol. The van der Waals surface area contributed by atoms with Crippen molar-refractivity contribution in [3.05, 3.63) is 168 Å². The van der Waals surface area contributed by atoms with Crippen molar-refractivity contribution in [3.8, 4) is 28.7 Å². The van der Waals surface area contributed by atoms with Crippen LogP contribution in [0.15, 0.2) is 155 Å². The highest BCUT2D eigenvalue weighted by atomic mass is 32.2. The third-order valence-electron chi connectivity index (χ3n) is 11.5. The number of imidazole rings is 2. The second kappa shape index (κ2) is 9.13. The van der Waals surface area contributed by atoms with Gasteiger partial charge in [0.15, 0.2) is 0 Å². The number of rotatable bonds is 1. The average Bonchev–Trinajstić information content (AvgIpc) is 3.71. The van der Waals surface area contributed by atoms with Crippen molar-refractivity contribution < 1.29 is 9.47 Å². The Morgan fingerprint density at radius 3 is 1.73 bits per heavy atom. The van der Waals surface area contributed by atoms with Crippen molar-refractivity contribution in [2.24, 2.45) is 0 Å². The summed E-state index contributed by atoms with van der Waals surface area (Å²) in [6.45, 7) is -0.0288. The maximum Gasteiger partial charge on any atom is 0.261 e. The van der Waals surface area contributed by atoms with Crippen molar-refractivity contribution >= 4 is 62.7 Å². The van der Waals surface area contributed by atoms with Gasteiger partial charge in [0, 0.05) is 27.4 Å². The van der Waals surface area contributed by atoms with E-state index in [2.05, 4.69) is 148 Å². The van der Waals surface area contributed by atoms with Crippen LogP contribution in [0.5, 0.6) is 23.0 Å². The summed E-state index contributed by atoms with van der Waals surface area (Å²) < 4.78 is 18.6. The standard InChI is InChI=1S/C44H24BN3O2S/c1-7-21-38-26(11-1)44(27-12-2-8-22-39(27)51-38)28-13-9-19-34-40(28)45-41-29(44)14-10-20-35(41)50-37-24-25(23-36(49-34)42(37)45)47-32-17-5-6-18-33(32)48-31-16-4-3-15-30(31)46-43(47)48/h1-24H. The van der Waals surface area contributed by atoms with Crippen LogP contribution in [0.2, 0.25) is 0 Å². The van der Waals surface area contributed by atoms with Gasteiger partial charge in [-0.05, 0) is 81.7 Å². The summed E-state index contributed by atoms with van der Waals surface area (Å²) in [6.07, 6.45) is 0. The molecule has 51 heavy (non-hydrogen) atoms. The highest BCUT2D eigenvalue weighted by Gasteiger charge is 2.56. The molecule has 5 nitrogen and oxygen atoms in total. The lowest BCUT2D eigenvalue weighted by Crippen LogP contribution is -2.65. The highest BCUT2D eigenvalue weighted by Crippen LogP contribution is 2.57. The fourth-order valence-electron chi connectivity index (χ4n) is 9.68. The van der Waals surface area contributed by atoms with Crippen molar-refractivity contribution in [1.29, 1.82) is 0 Å². The van der Waals surface area contributed by atoms with Crippen molar-refractivity contribution in [3.63, 3.8) is 0 Å². The third-order valence-corrected chi connectivity index (χ3v) is 12.7. The van der Waals surface area contributed by atoms with Gasteiger partial charge in [0.2, 0.25) is 5.78 Å². The molecule has 0 amide bonds. The summed E-state index contributed by atoms with van der Waals surface area (Å²) in [4.78, 5) is 7.70. The van der Waals surface area contributed by atoms with Gasteiger partial charge in [-0.3, -0.25) is 8.97 Å². The van der Waals surface area contributed by atoms with E-state index in [1.165, 1.54) is 43.0 Å². The zero-order chi connectivity index (χ0) is 33.0. The zero-order valence-corrected chi connectivity index (χ0v) is 27.8. The van der Waals surface area contributed by atoms with Crippen molar-refractivity contribution in [1.82, 2.24) is 14.0 Å². The first-order valence-corrected chi connectivity index (χ1v) is 18.1. The first-order chi connectivity index (χ1) is 25.3. The van der Waals surface area contributed by atoms with E-state index in [9.17, 15) is 0 Å². The van der Waals surface area contributed by atoms with E-state index in [-0.39, 0.29) is 6.71 Å². The number of ether oxygens (including phenoxy) is 2. The lowest BCUT2D eigenvalue weighted by Gasteiger charge is -2.50. The third kappa shape index (κ3) is 3.08. The number of hydrogen-bond acceptors (Lipinski definition) is 4. The molecule has 2 aromatic heterocycles. The van der Waals surface area contributed by atoms with Gasteiger partial charge in [0.05, 0.1) is 33.2 Å². The van der Waals surface area contributed by atoms with Crippen LogP contribution in [0.3, 0.4) is 0 Å². The SMILES string of the molecule is c1ccc2c(c1)Sc1ccccc1C21c2cccc3c2B2c4c(cc(-n5c6ccccc6n6c7ccccc7nc56)cc4Oc4cccc1c42)O3. The number of para-hydroxylation sites is 4. The molecule has 1 spiro atoms. The second-order valence-corrected chi connectivity index (χ2v) is 14.9. The van der Waals surface area contributed by atoms with Crippen LogP contribution in [0, 0.1) is 0 Å². The van der Waals surface area contributed by atoms with Gasteiger partial charge in [0.25, 0.3) is 6.71 Å². The van der Waals surface area contributed by atoms with Crippen LogP contribution in [0.1, 0.15) is 22.3 Å².